The summed E-state index contributed by atoms with van der Waals surface area (Å²) in [5.41, 5.74) is 6.82. The van der Waals surface area contributed by atoms with Crippen LogP contribution in [0.3, 0.4) is 0 Å². The summed E-state index contributed by atoms with van der Waals surface area (Å²) in [4.78, 5) is 4.45. The van der Waals surface area contributed by atoms with Gasteiger partial charge in [0.2, 0.25) is 0 Å². The first-order valence-electron chi connectivity index (χ1n) is 6.25. The van der Waals surface area contributed by atoms with E-state index >= 15 is 0 Å². The molecule has 0 amide bonds. The highest BCUT2D eigenvalue weighted by molar-refractivity contribution is 5.82. The van der Waals surface area contributed by atoms with Gasteiger partial charge in [-0.05, 0) is 35.7 Å². The van der Waals surface area contributed by atoms with Crippen LogP contribution in [0.1, 0.15) is 12.5 Å². The van der Waals surface area contributed by atoms with Crippen LogP contribution >= 0.6 is 0 Å². The molecule has 0 fully saturated rings. The van der Waals surface area contributed by atoms with Crippen molar-refractivity contribution in [2.24, 2.45) is 5.92 Å². The molecule has 0 bridgehead atoms. The molecule has 5 nitrogen and oxygen atoms in total. The van der Waals surface area contributed by atoms with Gasteiger partial charge < -0.3 is 10.3 Å². The van der Waals surface area contributed by atoms with E-state index in [2.05, 4.69) is 23.4 Å². The third-order valence-corrected chi connectivity index (χ3v) is 3.67. The molecule has 1 N–H and O–H groups in total. The van der Waals surface area contributed by atoms with Gasteiger partial charge in [0.1, 0.15) is 0 Å². The number of aromatic nitrogens is 1. The number of hydrogen-bond donors (Lipinski definition) is 1. The van der Waals surface area contributed by atoms with E-state index in [1.165, 1.54) is 11.1 Å². The molecule has 1 aromatic rings. The summed E-state index contributed by atoms with van der Waals surface area (Å²) in [5.74, 6) is 1.23. The van der Waals surface area contributed by atoms with Gasteiger partial charge in [0.05, 0.1) is 6.54 Å². The van der Waals surface area contributed by atoms with Crippen molar-refractivity contribution in [3.63, 3.8) is 0 Å². The monoisotopic (exact) mass is 245 g/mol. The number of hydroxylamine groups is 2. The Morgan fingerprint density at radius 3 is 3.06 bits per heavy atom. The fourth-order valence-electron chi connectivity index (χ4n) is 2.97. The molecule has 0 spiro atoms. The summed E-state index contributed by atoms with van der Waals surface area (Å²) in [6.45, 7) is 3.93. The van der Waals surface area contributed by atoms with E-state index in [0.717, 1.165) is 23.0 Å². The third-order valence-electron chi connectivity index (χ3n) is 3.67. The molecule has 0 aliphatic carbocycles. The van der Waals surface area contributed by atoms with Crippen LogP contribution in [0.4, 0.5) is 5.82 Å². The van der Waals surface area contributed by atoms with E-state index in [-0.39, 0.29) is 5.92 Å². The van der Waals surface area contributed by atoms with Crippen molar-refractivity contribution in [2.45, 2.75) is 6.92 Å². The molecule has 1 atom stereocenters. The number of fused-ring (bicyclic) bond motifs is 2. The van der Waals surface area contributed by atoms with Crippen LogP contribution in [0, 0.1) is 11.1 Å². The first-order valence-corrected chi connectivity index (χ1v) is 6.25. The molecule has 0 radical (unpaired) electrons. The minimum absolute atomic E-state index is 0.271. The highest BCUT2D eigenvalue weighted by Gasteiger charge is 2.30. The fourth-order valence-corrected chi connectivity index (χ4v) is 2.97. The van der Waals surface area contributed by atoms with Crippen molar-refractivity contribution in [3.05, 3.63) is 34.7 Å². The van der Waals surface area contributed by atoms with Crippen molar-refractivity contribution in [3.8, 4) is 0 Å². The molecule has 2 aliphatic heterocycles. The molecule has 96 valence electrons. The zero-order valence-electron chi connectivity index (χ0n) is 10.7. The maximum Gasteiger partial charge on any atom is 0.150 e. The first-order chi connectivity index (χ1) is 8.70. The number of nitrogens with one attached hydrogen (secondary N) is 1. The van der Waals surface area contributed by atoms with Gasteiger partial charge in [0.15, 0.2) is 5.82 Å². The van der Waals surface area contributed by atoms with Gasteiger partial charge >= 0.3 is 0 Å². The summed E-state index contributed by atoms with van der Waals surface area (Å²) >= 11 is 0. The molecular weight excluding hydrogens is 228 g/mol. The van der Waals surface area contributed by atoms with Crippen molar-refractivity contribution in [2.75, 3.05) is 31.7 Å². The zero-order chi connectivity index (χ0) is 12.7. The van der Waals surface area contributed by atoms with Gasteiger partial charge in [-0.25, -0.2) is 10.4 Å². The highest BCUT2D eigenvalue weighted by Crippen LogP contribution is 2.39. The minimum atomic E-state index is 0.271. The van der Waals surface area contributed by atoms with E-state index in [4.69, 9.17) is 0 Å². The normalized spacial score (nSPS) is 23.9. The maximum atomic E-state index is 11.7. The summed E-state index contributed by atoms with van der Waals surface area (Å²) in [6, 6.07) is 4.05. The van der Waals surface area contributed by atoms with Crippen LogP contribution in [0.5, 0.6) is 0 Å². The summed E-state index contributed by atoms with van der Waals surface area (Å²) in [6.07, 6.45) is 1.81. The van der Waals surface area contributed by atoms with Crippen molar-refractivity contribution >= 4 is 11.4 Å². The van der Waals surface area contributed by atoms with Crippen LogP contribution < -0.4 is 10.4 Å². The molecule has 0 aromatic carbocycles. The van der Waals surface area contributed by atoms with Gasteiger partial charge in [0, 0.05) is 25.4 Å². The predicted molar refractivity (Wildman–Crippen MR) is 71.7 cm³/mol. The number of nitrogens with zero attached hydrogens (tertiary/aromatic N) is 3. The van der Waals surface area contributed by atoms with Gasteiger partial charge in [-0.2, -0.15) is 0 Å². The van der Waals surface area contributed by atoms with Crippen LogP contribution in [-0.2, 0) is 0 Å². The molecule has 18 heavy (non-hydrogen) atoms. The van der Waals surface area contributed by atoms with E-state index < -0.39 is 0 Å². The second-order valence-electron chi connectivity index (χ2n) is 4.93. The van der Waals surface area contributed by atoms with E-state index in [1.54, 1.807) is 0 Å². The van der Waals surface area contributed by atoms with Crippen LogP contribution in [0.2, 0.25) is 0 Å². The quantitative estimate of drug-likeness (QED) is 0.806. The lowest BCUT2D eigenvalue weighted by atomic mass is 9.84. The number of hydrogen-bond acceptors (Lipinski definition) is 5. The Kier molecular flexibility index (Phi) is 2.81. The molecule has 5 heteroatoms. The number of rotatable bonds is 1. The Bertz CT molecular complexity index is 500. The summed E-state index contributed by atoms with van der Waals surface area (Å²) in [7, 11) is 1.88. The Morgan fingerprint density at radius 2 is 2.28 bits per heavy atom. The molecule has 3 heterocycles. The van der Waals surface area contributed by atoms with Gasteiger partial charge in [-0.15, -0.1) is 0 Å². The average Bonchev–Trinajstić information content (AvgIpc) is 2.36. The lowest BCUT2D eigenvalue weighted by Crippen LogP contribution is -2.45. The molecule has 0 saturated heterocycles. The highest BCUT2D eigenvalue weighted by atomic mass is 16.5. The number of pyridine rings is 1. The van der Waals surface area contributed by atoms with Gasteiger partial charge in [-0.3, -0.25) is 5.01 Å². The Balaban J connectivity index is 2.13. The van der Waals surface area contributed by atoms with Gasteiger partial charge in [-0.1, -0.05) is 6.92 Å². The molecule has 1 aromatic heterocycles. The largest absolute Gasteiger partial charge is 0.785 e. The number of anilines is 1. The zero-order valence-corrected chi connectivity index (χ0v) is 10.7. The average molecular weight is 245 g/mol. The minimum Gasteiger partial charge on any atom is -0.785 e. The fraction of sp³-hybridized carbons (Fsp3) is 0.462. The third kappa shape index (κ3) is 1.71. The second-order valence-corrected chi connectivity index (χ2v) is 4.93. The Hall–Kier alpha value is -1.43. The summed E-state index contributed by atoms with van der Waals surface area (Å²) in [5, 5.41) is 14.8. The van der Waals surface area contributed by atoms with E-state index in [0.29, 0.717) is 13.1 Å². The molecule has 3 rings (SSSR count). The van der Waals surface area contributed by atoms with Crippen LogP contribution in [0.25, 0.3) is 5.57 Å². The van der Waals surface area contributed by atoms with E-state index in [9.17, 15) is 5.21 Å². The molecule has 0 saturated carbocycles. The predicted octanol–water partition coefficient (Wildman–Crippen LogP) is 1.24. The van der Waals surface area contributed by atoms with Crippen molar-refractivity contribution in [1.82, 2.24) is 15.5 Å². The lowest BCUT2D eigenvalue weighted by molar-refractivity contribution is 0.353. The Morgan fingerprint density at radius 1 is 1.44 bits per heavy atom. The topological polar surface area (TPSA) is 54.5 Å². The summed E-state index contributed by atoms with van der Waals surface area (Å²) < 4.78 is 0. The molecular formula is C13H17N4O-. The number of hydrazine groups is 1. The van der Waals surface area contributed by atoms with Crippen molar-refractivity contribution < 1.29 is 0 Å². The molecule has 1 unspecified atom stereocenters. The van der Waals surface area contributed by atoms with Gasteiger partial charge in [0.25, 0.3) is 0 Å². The second kappa shape index (κ2) is 4.35. The van der Waals surface area contributed by atoms with Crippen LogP contribution in [0.15, 0.2) is 23.9 Å². The standard InChI is InChI=1S/C13H17N4O/c1-9-6-16(18)7-10-8-17(14-2)13-11(12(9)10)4-3-5-15-13/h3-5,9,14H,6-8H2,1-2H3/q-1. The first kappa shape index (κ1) is 11.6. The van der Waals surface area contributed by atoms with E-state index in [1.807, 2.05) is 24.3 Å². The Labute approximate surface area is 107 Å². The smallest absolute Gasteiger partial charge is 0.150 e. The lowest BCUT2D eigenvalue weighted by Gasteiger charge is -2.43. The molecule has 2 aliphatic rings. The van der Waals surface area contributed by atoms with Crippen molar-refractivity contribution in [1.29, 1.82) is 0 Å². The SMILES string of the molecule is CNN1CC2=C(c3cccnc31)C(C)CN([O-])C2. The maximum absolute atomic E-state index is 11.7. The van der Waals surface area contributed by atoms with Crippen LogP contribution in [-0.4, -0.2) is 36.7 Å².